The molecule has 3 unspecified atom stereocenters. The molecular weight excluding hydrogens is 612 g/mol. The molecule has 174 valence electrons. The lowest BCUT2D eigenvalue weighted by atomic mass is 9.71. The van der Waals surface area contributed by atoms with Crippen LogP contribution in [0.25, 0.3) is 0 Å². The molecule has 0 amide bonds. The maximum Gasteiger partial charge on any atom is 0.0973 e. The van der Waals surface area contributed by atoms with Crippen molar-refractivity contribution in [3.8, 4) is 0 Å². The van der Waals surface area contributed by atoms with Crippen LogP contribution < -0.4 is 0 Å². The fourth-order valence-corrected chi connectivity index (χ4v) is 7.28. The van der Waals surface area contributed by atoms with Crippen LogP contribution in [0, 0.1) is 27.6 Å². The monoisotopic (exact) mass is 651 g/mol. The largest absolute Gasteiger partial charge is 0.304 e. The topological polar surface area (TPSA) is 45.0 Å². The molecule has 3 atom stereocenters. The van der Waals surface area contributed by atoms with Gasteiger partial charge in [-0.15, -0.1) is 4.91 Å². The second-order valence-electron chi connectivity index (χ2n) is 11.1. The van der Waals surface area contributed by atoms with E-state index in [4.69, 9.17) is 4.99 Å². The van der Waals surface area contributed by atoms with E-state index >= 15 is 0 Å². The van der Waals surface area contributed by atoms with Gasteiger partial charge in [-0.3, -0.25) is 4.99 Å². The minimum atomic E-state index is -0.117. The van der Waals surface area contributed by atoms with Crippen LogP contribution in [0.2, 0.25) is 0 Å². The molecule has 0 aromatic heterocycles. The third-order valence-electron chi connectivity index (χ3n) is 6.09. The van der Waals surface area contributed by atoms with Crippen molar-refractivity contribution in [2.75, 3.05) is 26.7 Å². The van der Waals surface area contributed by atoms with Crippen molar-refractivity contribution in [3.63, 3.8) is 0 Å². The summed E-state index contributed by atoms with van der Waals surface area (Å²) in [7, 11) is 2.18. The molecule has 0 N–H and O–H groups in total. The number of allylic oxidation sites excluding steroid dienone is 5. The maximum absolute atomic E-state index is 11.8. The van der Waals surface area contributed by atoms with E-state index < -0.39 is 0 Å². The van der Waals surface area contributed by atoms with Crippen LogP contribution in [0.5, 0.6) is 0 Å². The Kier molecular flexibility index (Phi) is 9.95. The van der Waals surface area contributed by atoms with E-state index in [1.54, 1.807) is 0 Å². The summed E-state index contributed by atoms with van der Waals surface area (Å²) in [6.45, 7) is 15.9. The zero-order valence-corrected chi connectivity index (χ0v) is 24.5. The number of aliphatic imine (C=N–C) groups is 1. The molecule has 0 spiro atoms. The molecular formula is C25H39I2N3O. The summed E-state index contributed by atoms with van der Waals surface area (Å²) in [4.78, 5) is 18.9. The Labute approximate surface area is 216 Å². The number of hydrogen-bond donors (Lipinski definition) is 0. The highest BCUT2D eigenvalue weighted by Crippen LogP contribution is 2.43. The number of nitrogens with zero attached hydrogens (tertiary/aromatic N) is 3. The second kappa shape index (κ2) is 11.4. The Morgan fingerprint density at radius 3 is 2.39 bits per heavy atom. The summed E-state index contributed by atoms with van der Waals surface area (Å²) in [5.74, 6) is 0.608. The van der Waals surface area contributed by atoms with Crippen molar-refractivity contribution in [1.82, 2.24) is 4.90 Å². The van der Waals surface area contributed by atoms with Gasteiger partial charge in [-0.2, -0.15) is 0 Å². The first-order valence-electron chi connectivity index (χ1n) is 11.3. The lowest BCUT2D eigenvalue weighted by Crippen LogP contribution is -2.30. The molecule has 0 aromatic carbocycles. The average molecular weight is 651 g/mol. The highest BCUT2D eigenvalue weighted by atomic mass is 127. The fourth-order valence-electron chi connectivity index (χ4n) is 4.27. The number of rotatable bonds is 7. The number of hydrogen-bond acceptors (Lipinski definition) is 4. The normalized spacial score (nSPS) is 25.8. The summed E-state index contributed by atoms with van der Waals surface area (Å²) >= 11 is 5.07. The molecule has 0 saturated heterocycles. The van der Waals surface area contributed by atoms with E-state index in [0.717, 1.165) is 35.6 Å². The summed E-state index contributed by atoms with van der Waals surface area (Å²) in [6.07, 6.45) is 9.95. The fraction of sp³-hybridized carbons (Fsp3) is 0.720. The van der Waals surface area contributed by atoms with Crippen LogP contribution in [-0.2, 0) is 0 Å². The van der Waals surface area contributed by atoms with E-state index in [0.29, 0.717) is 11.6 Å². The van der Waals surface area contributed by atoms with Gasteiger partial charge < -0.3 is 4.90 Å². The second-order valence-corrected chi connectivity index (χ2v) is 14.2. The maximum atomic E-state index is 11.8. The number of alkyl halides is 1. The Bertz CT molecular complexity index is 769. The molecule has 2 rings (SSSR count). The Morgan fingerprint density at radius 2 is 1.84 bits per heavy atom. The van der Waals surface area contributed by atoms with Gasteiger partial charge in [0.05, 0.1) is 12.2 Å². The highest BCUT2D eigenvalue weighted by Gasteiger charge is 2.33. The SMILES string of the molecule is CN(CCN=CC1CC(C(C)(C)C)=CC(C(C)(C)C)=C1N=O)CC1C=C(I)CC(I)C1. The van der Waals surface area contributed by atoms with Crippen molar-refractivity contribution in [1.29, 1.82) is 0 Å². The van der Waals surface area contributed by atoms with Crippen molar-refractivity contribution in [2.45, 2.75) is 64.7 Å². The zero-order valence-electron chi connectivity index (χ0n) is 20.2. The van der Waals surface area contributed by atoms with E-state index in [1.165, 1.54) is 22.0 Å². The Balaban J connectivity index is 2.03. The van der Waals surface area contributed by atoms with Gasteiger partial charge in [-0.05, 0) is 80.0 Å². The van der Waals surface area contributed by atoms with Crippen LogP contribution >= 0.6 is 45.2 Å². The average Bonchev–Trinajstić information content (AvgIpc) is 2.62. The molecule has 2 aliphatic carbocycles. The minimum absolute atomic E-state index is 0.0288. The first kappa shape index (κ1) is 27.2. The predicted molar refractivity (Wildman–Crippen MR) is 151 cm³/mol. The van der Waals surface area contributed by atoms with Gasteiger partial charge in [0, 0.05) is 29.1 Å². The number of nitroso groups, excluding NO2 is 1. The summed E-state index contributed by atoms with van der Waals surface area (Å²) < 4.78 is 2.25. The van der Waals surface area contributed by atoms with Gasteiger partial charge in [0.1, 0.15) is 0 Å². The summed E-state index contributed by atoms with van der Waals surface area (Å²) in [6, 6.07) is 0. The predicted octanol–water partition coefficient (Wildman–Crippen LogP) is 7.58. The van der Waals surface area contributed by atoms with Gasteiger partial charge in [-0.25, -0.2) is 0 Å². The molecule has 0 heterocycles. The quantitative estimate of drug-likeness (QED) is 0.123. The van der Waals surface area contributed by atoms with Gasteiger partial charge in [0.25, 0.3) is 0 Å². The smallest absolute Gasteiger partial charge is 0.0973 e. The third kappa shape index (κ3) is 8.32. The molecule has 0 aromatic rings. The van der Waals surface area contributed by atoms with Crippen molar-refractivity contribution < 1.29 is 0 Å². The van der Waals surface area contributed by atoms with Crippen LogP contribution in [0.4, 0.5) is 0 Å². The van der Waals surface area contributed by atoms with Crippen LogP contribution in [0.1, 0.15) is 60.8 Å². The summed E-state index contributed by atoms with van der Waals surface area (Å²) in [5, 5.41) is 3.47. The summed E-state index contributed by atoms with van der Waals surface area (Å²) in [5.41, 5.74) is 3.03. The first-order chi connectivity index (χ1) is 14.3. The molecule has 0 fully saturated rings. The van der Waals surface area contributed by atoms with E-state index in [9.17, 15) is 4.91 Å². The molecule has 6 heteroatoms. The molecule has 2 aliphatic rings. The Hall–Kier alpha value is -0.0900. The van der Waals surface area contributed by atoms with Crippen molar-refractivity contribution in [3.05, 3.63) is 37.5 Å². The van der Waals surface area contributed by atoms with E-state index in [-0.39, 0.29) is 16.7 Å². The molecule has 0 aliphatic heterocycles. The zero-order chi connectivity index (χ0) is 23.4. The van der Waals surface area contributed by atoms with Crippen LogP contribution in [0.3, 0.4) is 0 Å². The van der Waals surface area contributed by atoms with E-state index in [1.807, 2.05) is 6.21 Å². The molecule has 0 radical (unpaired) electrons. The lowest BCUT2D eigenvalue weighted by Gasteiger charge is -2.34. The minimum Gasteiger partial charge on any atom is -0.304 e. The first-order valence-corrected chi connectivity index (χ1v) is 13.6. The number of likely N-dealkylation sites (N-methyl/N-ethyl adjacent to an activating group) is 1. The van der Waals surface area contributed by atoms with Gasteiger partial charge in [0.2, 0.25) is 0 Å². The van der Waals surface area contributed by atoms with Gasteiger partial charge >= 0.3 is 0 Å². The van der Waals surface area contributed by atoms with E-state index in [2.05, 4.69) is 116 Å². The number of halogens is 2. The molecule has 0 saturated carbocycles. The Morgan fingerprint density at radius 1 is 1.16 bits per heavy atom. The van der Waals surface area contributed by atoms with Gasteiger partial charge in [-0.1, -0.05) is 81.9 Å². The van der Waals surface area contributed by atoms with Crippen LogP contribution in [-0.4, -0.2) is 41.7 Å². The third-order valence-corrected chi connectivity index (χ3v) is 7.84. The van der Waals surface area contributed by atoms with Crippen molar-refractivity contribution >= 4 is 51.4 Å². The molecule has 31 heavy (non-hydrogen) atoms. The van der Waals surface area contributed by atoms with Gasteiger partial charge in [0.15, 0.2) is 0 Å². The lowest BCUT2D eigenvalue weighted by molar-refractivity contribution is 0.297. The van der Waals surface area contributed by atoms with Crippen molar-refractivity contribution in [2.24, 2.45) is 32.8 Å². The standard InChI is InChI=1S/C25H39I2N3O/c1-24(2,3)19-12-18(23(29-31)22(13-19)25(4,5)6)15-28-8-9-30(7)16-17-10-20(26)14-21(27)11-17/h10,13,15,17-18,21H,8-9,11-12,14,16H2,1-7H3. The molecule has 4 nitrogen and oxygen atoms in total. The van der Waals surface area contributed by atoms with Crippen LogP contribution in [0.15, 0.2) is 42.7 Å². The highest BCUT2D eigenvalue weighted by molar-refractivity contribution is 14.1. The molecule has 0 bridgehead atoms.